The van der Waals surface area contributed by atoms with Crippen molar-refractivity contribution in [1.29, 1.82) is 0 Å². The molecule has 0 aromatic heterocycles. The molecule has 0 spiro atoms. The van der Waals surface area contributed by atoms with Crippen LogP contribution in [0, 0.1) is 0 Å². The summed E-state index contributed by atoms with van der Waals surface area (Å²) in [6.45, 7) is 12.0. The molecular formula is C8H22O2P2. The van der Waals surface area contributed by atoms with Crippen molar-refractivity contribution in [3.05, 3.63) is 0 Å². The quantitative estimate of drug-likeness (QED) is 0.666. The molecule has 1 unspecified atom stereocenters. The Morgan fingerprint density at radius 1 is 1.08 bits per heavy atom. The van der Waals surface area contributed by atoms with Crippen molar-refractivity contribution in [2.45, 2.75) is 39.8 Å². The van der Waals surface area contributed by atoms with Crippen molar-refractivity contribution >= 4 is 16.3 Å². The van der Waals surface area contributed by atoms with Crippen LogP contribution in [-0.4, -0.2) is 18.4 Å². The van der Waals surface area contributed by atoms with E-state index in [-0.39, 0.29) is 5.16 Å². The van der Waals surface area contributed by atoms with Crippen molar-refractivity contribution in [2.75, 3.05) is 13.2 Å². The summed E-state index contributed by atoms with van der Waals surface area (Å²) in [5, 5.41) is 0.115. The molecule has 2 nitrogen and oxygen atoms in total. The Bertz CT molecular complexity index is 126. The van der Waals surface area contributed by atoms with Crippen LogP contribution in [0.25, 0.3) is 0 Å². The zero-order chi connectivity index (χ0) is 9.83. The summed E-state index contributed by atoms with van der Waals surface area (Å²) in [6, 6.07) is 0. The van der Waals surface area contributed by atoms with Crippen LogP contribution in [0.1, 0.15) is 34.6 Å². The molecule has 76 valence electrons. The van der Waals surface area contributed by atoms with Crippen LogP contribution in [0.15, 0.2) is 0 Å². The average molecular weight is 212 g/mol. The van der Waals surface area contributed by atoms with Gasteiger partial charge in [0.1, 0.15) is 0 Å². The number of hydrogen-bond donors (Lipinski definition) is 0. The third-order valence-corrected chi connectivity index (χ3v) is 8.89. The summed E-state index contributed by atoms with van der Waals surface area (Å²) in [5.41, 5.74) is 0. The molecule has 0 fully saturated rings. The van der Waals surface area contributed by atoms with Crippen LogP contribution >= 0.6 is 16.3 Å². The maximum absolute atomic E-state index is 5.71. The zero-order valence-electron chi connectivity index (χ0n) is 8.81. The van der Waals surface area contributed by atoms with Crippen LogP contribution in [0.3, 0.4) is 0 Å². The Labute approximate surface area is 79.0 Å². The fourth-order valence-electron chi connectivity index (χ4n) is 0.904. The van der Waals surface area contributed by atoms with E-state index in [1.54, 1.807) is 0 Å². The molecule has 1 atom stereocenters. The summed E-state index contributed by atoms with van der Waals surface area (Å²) in [6.07, 6.45) is 0. The van der Waals surface area contributed by atoms with Gasteiger partial charge in [0, 0.05) is 0 Å². The van der Waals surface area contributed by atoms with E-state index in [2.05, 4.69) is 29.7 Å². The molecule has 0 radical (unpaired) electrons. The third kappa shape index (κ3) is 3.26. The van der Waals surface area contributed by atoms with Crippen LogP contribution in [0.4, 0.5) is 0 Å². The average Bonchev–Trinajstić information content (AvgIpc) is 1.86. The molecule has 0 aromatic carbocycles. The van der Waals surface area contributed by atoms with E-state index in [0.717, 1.165) is 13.2 Å². The maximum atomic E-state index is 5.71. The van der Waals surface area contributed by atoms with Crippen LogP contribution in [0.2, 0.25) is 0 Å². The Kier molecular flexibility index (Phi) is 5.18. The monoisotopic (exact) mass is 212 g/mol. The van der Waals surface area contributed by atoms with Crippen molar-refractivity contribution < 1.29 is 9.05 Å². The molecule has 0 rings (SSSR count). The molecule has 0 heterocycles. The van der Waals surface area contributed by atoms with Gasteiger partial charge in [0.2, 0.25) is 0 Å². The third-order valence-electron chi connectivity index (χ3n) is 1.76. The van der Waals surface area contributed by atoms with Crippen LogP contribution in [0.5, 0.6) is 0 Å². The van der Waals surface area contributed by atoms with Gasteiger partial charge in [-0.15, -0.1) is 0 Å². The predicted molar refractivity (Wildman–Crippen MR) is 61.0 cm³/mol. The number of rotatable bonds is 4. The van der Waals surface area contributed by atoms with Gasteiger partial charge in [-0.1, -0.05) is 0 Å². The molecular weight excluding hydrogens is 190 g/mol. The van der Waals surface area contributed by atoms with Crippen molar-refractivity contribution in [1.82, 2.24) is 0 Å². The Morgan fingerprint density at radius 2 is 1.42 bits per heavy atom. The van der Waals surface area contributed by atoms with Crippen LogP contribution < -0.4 is 0 Å². The minimum absolute atomic E-state index is 0.115. The Balaban J connectivity index is 4.38. The summed E-state index contributed by atoms with van der Waals surface area (Å²) >= 11 is 0. The molecule has 0 aromatic rings. The molecule has 12 heavy (non-hydrogen) atoms. The molecule has 0 amide bonds. The first-order valence-corrected chi connectivity index (χ1v) is 8.06. The summed E-state index contributed by atoms with van der Waals surface area (Å²) in [5.74, 6) is 0. The second kappa shape index (κ2) is 4.86. The normalized spacial score (nSPS) is 14.8. The Hall–Kier alpha value is 0.780. The molecule has 0 aliphatic rings. The van der Waals surface area contributed by atoms with Gasteiger partial charge < -0.3 is 0 Å². The summed E-state index contributed by atoms with van der Waals surface area (Å²) in [7, 11) is 0.763. The van der Waals surface area contributed by atoms with Gasteiger partial charge in [-0.25, -0.2) is 0 Å². The van der Waals surface area contributed by atoms with E-state index in [4.69, 9.17) is 9.05 Å². The van der Waals surface area contributed by atoms with Gasteiger partial charge in [0.15, 0.2) is 0 Å². The van der Waals surface area contributed by atoms with E-state index in [1.807, 2.05) is 13.8 Å². The summed E-state index contributed by atoms with van der Waals surface area (Å²) in [4.78, 5) is 0. The molecule has 4 heteroatoms. The second-order valence-electron chi connectivity index (χ2n) is 3.78. The van der Waals surface area contributed by atoms with Gasteiger partial charge >= 0.3 is 78.4 Å². The molecule has 0 saturated heterocycles. The zero-order valence-corrected chi connectivity index (χ0v) is 11.0. The minimum atomic E-state index is -2.03. The molecule has 0 aliphatic carbocycles. The van der Waals surface area contributed by atoms with E-state index in [9.17, 15) is 0 Å². The first-order chi connectivity index (χ1) is 5.37. The molecule has 0 bridgehead atoms. The molecule has 0 saturated carbocycles. The van der Waals surface area contributed by atoms with E-state index in [0.29, 0.717) is 0 Å². The van der Waals surface area contributed by atoms with Crippen molar-refractivity contribution in [3.63, 3.8) is 0 Å². The molecule has 0 N–H and O–H groups in total. The first-order valence-electron chi connectivity index (χ1n) is 4.44. The number of hydrogen-bond acceptors (Lipinski definition) is 2. The van der Waals surface area contributed by atoms with Crippen LogP contribution in [-0.2, 0) is 9.05 Å². The first kappa shape index (κ1) is 12.8. The van der Waals surface area contributed by atoms with Gasteiger partial charge in [-0.3, -0.25) is 0 Å². The topological polar surface area (TPSA) is 18.5 Å². The van der Waals surface area contributed by atoms with E-state index >= 15 is 0 Å². The van der Waals surface area contributed by atoms with E-state index in [1.165, 1.54) is 0 Å². The summed E-state index contributed by atoms with van der Waals surface area (Å²) < 4.78 is 11.4. The van der Waals surface area contributed by atoms with Gasteiger partial charge in [0.25, 0.3) is 0 Å². The Morgan fingerprint density at radius 3 is 1.58 bits per heavy atom. The van der Waals surface area contributed by atoms with Gasteiger partial charge in [0.05, 0.1) is 0 Å². The fourth-order valence-corrected chi connectivity index (χ4v) is 3.71. The predicted octanol–water partition coefficient (Wildman–Crippen LogP) is 3.23. The standard InChI is InChI=1S/C8H22O2P2/c1-6-9-12(11,10-7-2)8(3,4)5/h12H,6-7,11H2,1-5H3. The fraction of sp³-hybridized carbons (Fsp3) is 1.00. The van der Waals surface area contributed by atoms with Gasteiger partial charge in [-0.2, -0.15) is 0 Å². The second-order valence-corrected chi connectivity index (χ2v) is 9.48. The van der Waals surface area contributed by atoms with Gasteiger partial charge in [-0.05, 0) is 0 Å². The SMILES string of the molecule is CCO[PH](P)(OCC)C(C)(C)C. The van der Waals surface area contributed by atoms with Crippen molar-refractivity contribution in [3.8, 4) is 0 Å². The van der Waals surface area contributed by atoms with E-state index < -0.39 is 7.40 Å². The van der Waals surface area contributed by atoms with Crippen molar-refractivity contribution in [2.24, 2.45) is 0 Å². The molecule has 0 aliphatic heterocycles.